The molecule has 2 atom stereocenters. The average Bonchev–Trinajstić information content (AvgIpc) is 2.16. The molecule has 0 aliphatic rings. The fourth-order valence-corrected chi connectivity index (χ4v) is 1.54. The van der Waals surface area contributed by atoms with Crippen molar-refractivity contribution in [1.82, 2.24) is 5.32 Å². The SMILES string of the molecule is CC(C)CCNC(=O)C(C)CCCC(C)N. The van der Waals surface area contributed by atoms with Crippen LogP contribution in [0.4, 0.5) is 0 Å². The van der Waals surface area contributed by atoms with Gasteiger partial charge in [0, 0.05) is 18.5 Å². The van der Waals surface area contributed by atoms with E-state index in [9.17, 15) is 4.79 Å². The third kappa shape index (κ3) is 8.72. The lowest BCUT2D eigenvalue weighted by molar-refractivity contribution is -0.124. The summed E-state index contributed by atoms with van der Waals surface area (Å²) in [5, 5.41) is 2.98. The van der Waals surface area contributed by atoms with Crippen molar-refractivity contribution in [2.24, 2.45) is 17.6 Å². The van der Waals surface area contributed by atoms with Crippen molar-refractivity contribution in [3.05, 3.63) is 0 Å². The van der Waals surface area contributed by atoms with E-state index in [1.165, 1.54) is 0 Å². The number of rotatable bonds is 8. The lowest BCUT2D eigenvalue weighted by Gasteiger charge is -2.13. The number of nitrogens with two attached hydrogens (primary N) is 1. The van der Waals surface area contributed by atoms with Crippen LogP contribution in [0.5, 0.6) is 0 Å². The zero-order valence-electron chi connectivity index (χ0n) is 11.3. The Balaban J connectivity index is 3.57. The molecule has 3 N–H and O–H groups in total. The number of hydrogen-bond acceptors (Lipinski definition) is 2. The van der Waals surface area contributed by atoms with Gasteiger partial charge < -0.3 is 11.1 Å². The van der Waals surface area contributed by atoms with Crippen LogP contribution < -0.4 is 11.1 Å². The van der Waals surface area contributed by atoms with Crippen molar-refractivity contribution in [1.29, 1.82) is 0 Å². The molecule has 0 fully saturated rings. The lowest BCUT2D eigenvalue weighted by Crippen LogP contribution is -2.30. The lowest BCUT2D eigenvalue weighted by atomic mass is 10.0. The summed E-state index contributed by atoms with van der Waals surface area (Å²) in [6, 6.07) is 0.246. The van der Waals surface area contributed by atoms with E-state index in [1.54, 1.807) is 0 Å². The van der Waals surface area contributed by atoms with Gasteiger partial charge in [-0.05, 0) is 32.1 Å². The molecule has 1 amide bonds. The Morgan fingerprint density at radius 1 is 1.12 bits per heavy atom. The Morgan fingerprint density at radius 2 is 1.75 bits per heavy atom. The molecule has 3 heteroatoms. The Labute approximate surface area is 100 Å². The Kier molecular flexibility index (Phi) is 8.26. The van der Waals surface area contributed by atoms with Crippen molar-refractivity contribution in [2.45, 2.75) is 59.4 Å². The summed E-state index contributed by atoms with van der Waals surface area (Å²) in [7, 11) is 0. The zero-order chi connectivity index (χ0) is 12.6. The third-order valence-electron chi connectivity index (χ3n) is 2.77. The van der Waals surface area contributed by atoms with Gasteiger partial charge in [0.05, 0.1) is 0 Å². The normalized spacial score (nSPS) is 14.9. The van der Waals surface area contributed by atoms with Gasteiger partial charge >= 0.3 is 0 Å². The maximum Gasteiger partial charge on any atom is 0.222 e. The molecule has 0 rings (SSSR count). The molecular weight excluding hydrogens is 200 g/mol. The smallest absolute Gasteiger partial charge is 0.222 e. The van der Waals surface area contributed by atoms with E-state index >= 15 is 0 Å². The van der Waals surface area contributed by atoms with Crippen molar-refractivity contribution in [2.75, 3.05) is 6.54 Å². The Hall–Kier alpha value is -0.570. The molecule has 0 radical (unpaired) electrons. The third-order valence-corrected chi connectivity index (χ3v) is 2.77. The molecule has 0 aromatic heterocycles. The second-order valence-electron chi connectivity index (χ2n) is 5.28. The minimum atomic E-state index is 0.117. The number of carbonyl (C=O) groups excluding carboxylic acids is 1. The van der Waals surface area contributed by atoms with Gasteiger partial charge in [0.1, 0.15) is 0 Å². The standard InChI is InChI=1S/C13H28N2O/c1-10(2)8-9-15-13(16)11(3)6-5-7-12(4)14/h10-12H,5-9,14H2,1-4H3,(H,15,16). The van der Waals surface area contributed by atoms with Gasteiger partial charge in [-0.15, -0.1) is 0 Å². The summed E-state index contributed by atoms with van der Waals surface area (Å²) in [6.07, 6.45) is 4.04. The zero-order valence-corrected chi connectivity index (χ0v) is 11.3. The second kappa shape index (κ2) is 8.57. The predicted molar refractivity (Wildman–Crippen MR) is 69.1 cm³/mol. The van der Waals surface area contributed by atoms with E-state index in [0.717, 1.165) is 32.2 Å². The minimum absolute atomic E-state index is 0.117. The molecule has 2 unspecified atom stereocenters. The highest BCUT2D eigenvalue weighted by molar-refractivity contribution is 5.78. The van der Waals surface area contributed by atoms with Crippen LogP contribution in [0.2, 0.25) is 0 Å². The van der Waals surface area contributed by atoms with Crippen LogP contribution in [0.25, 0.3) is 0 Å². The molecule has 0 saturated heterocycles. The van der Waals surface area contributed by atoms with Gasteiger partial charge in [-0.25, -0.2) is 0 Å². The molecule has 96 valence electrons. The van der Waals surface area contributed by atoms with Gasteiger partial charge in [0.2, 0.25) is 5.91 Å². The van der Waals surface area contributed by atoms with E-state index in [-0.39, 0.29) is 17.9 Å². The fourth-order valence-electron chi connectivity index (χ4n) is 1.54. The van der Waals surface area contributed by atoms with Crippen LogP contribution >= 0.6 is 0 Å². The molecule has 0 spiro atoms. The number of carbonyl (C=O) groups is 1. The maximum absolute atomic E-state index is 11.7. The maximum atomic E-state index is 11.7. The molecule has 3 nitrogen and oxygen atoms in total. The van der Waals surface area contributed by atoms with Crippen LogP contribution in [0, 0.1) is 11.8 Å². The van der Waals surface area contributed by atoms with Crippen LogP contribution in [-0.2, 0) is 4.79 Å². The summed E-state index contributed by atoms with van der Waals surface area (Å²) in [4.78, 5) is 11.7. The highest BCUT2D eigenvalue weighted by Crippen LogP contribution is 2.09. The topological polar surface area (TPSA) is 55.1 Å². The molecule has 0 aliphatic carbocycles. The molecule has 0 aromatic rings. The van der Waals surface area contributed by atoms with Crippen molar-refractivity contribution >= 4 is 5.91 Å². The minimum Gasteiger partial charge on any atom is -0.356 e. The fraction of sp³-hybridized carbons (Fsp3) is 0.923. The first-order valence-corrected chi connectivity index (χ1v) is 6.46. The van der Waals surface area contributed by atoms with E-state index in [0.29, 0.717) is 5.92 Å². The summed E-state index contributed by atoms with van der Waals surface area (Å²) in [5.41, 5.74) is 5.67. The van der Waals surface area contributed by atoms with Crippen LogP contribution in [0.1, 0.15) is 53.4 Å². The van der Waals surface area contributed by atoms with E-state index in [1.807, 2.05) is 13.8 Å². The summed E-state index contributed by atoms with van der Waals surface area (Å²) >= 11 is 0. The highest BCUT2D eigenvalue weighted by Gasteiger charge is 2.12. The van der Waals surface area contributed by atoms with Gasteiger partial charge in [-0.1, -0.05) is 27.2 Å². The molecule has 0 bridgehead atoms. The van der Waals surface area contributed by atoms with Crippen LogP contribution in [0.15, 0.2) is 0 Å². The van der Waals surface area contributed by atoms with Crippen LogP contribution in [-0.4, -0.2) is 18.5 Å². The quantitative estimate of drug-likeness (QED) is 0.670. The molecule has 0 saturated carbocycles. The predicted octanol–water partition coefficient (Wildman–Crippen LogP) is 2.30. The van der Waals surface area contributed by atoms with Gasteiger partial charge in [0.25, 0.3) is 0 Å². The largest absolute Gasteiger partial charge is 0.356 e. The van der Waals surface area contributed by atoms with E-state index < -0.39 is 0 Å². The highest BCUT2D eigenvalue weighted by atomic mass is 16.1. The number of amides is 1. The van der Waals surface area contributed by atoms with E-state index in [4.69, 9.17) is 5.73 Å². The average molecular weight is 228 g/mol. The Morgan fingerprint density at radius 3 is 2.25 bits per heavy atom. The first-order chi connectivity index (χ1) is 7.43. The summed E-state index contributed by atoms with van der Waals surface area (Å²) in [6.45, 7) is 9.13. The van der Waals surface area contributed by atoms with Crippen molar-refractivity contribution in [3.63, 3.8) is 0 Å². The van der Waals surface area contributed by atoms with Crippen LogP contribution in [0.3, 0.4) is 0 Å². The molecule has 0 aliphatic heterocycles. The van der Waals surface area contributed by atoms with Crippen molar-refractivity contribution in [3.8, 4) is 0 Å². The summed E-state index contributed by atoms with van der Waals surface area (Å²) in [5.74, 6) is 0.949. The van der Waals surface area contributed by atoms with Gasteiger partial charge in [0.15, 0.2) is 0 Å². The second-order valence-corrected chi connectivity index (χ2v) is 5.28. The molecule has 0 heterocycles. The first kappa shape index (κ1) is 15.4. The van der Waals surface area contributed by atoms with Crippen molar-refractivity contribution < 1.29 is 4.79 Å². The van der Waals surface area contributed by atoms with Gasteiger partial charge in [-0.2, -0.15) is 0 Å². The van der Waals surface area contributed by atoms with E-state index in [2.05, 4.69) is 19.2 Å². The monoisotopic (exact) mass is 228 g/mol. The Bertz CT molecular complexity index is 190. The van der Waals surface area contributed by atoms with Gasteiger partial charge in [-0.3, -0.25) is 4.79 Å². The summed E-state index contributed by atoms with van der Waals surface area (Å²) < 4.78 is 0. The number of nitrogens with one attached hydrogen (secondary N) is 1. The molecule has 16 heavy (non-hydrogen) atoms. The molecular formula is C13H28N2O. The molecule has 0 aromatic carbocycles. The first-order valence-electron chi connectivity index (χ1n) is 6.46. The number of hydrogen-bond donors (Lipinski definition) is 2.